The minimum atomic E-state index is -3.01. The Morgan fingerprint density at radius 1 is 0.796 bits per heavy atom. The summed E-state index contributed by atoms with van der Waals surface area (Å²) in [5, 5.41) is 34.3. The van der Waals surface area contributed by atoms with Gasteiger partial charge in [0, 0.05) is 12.1 Å². The van der Waals surface area contributed by atoms with Crippen molar-refractivity contribution in [1.29, 1.82) is 0 Å². The summed E-state index contributed by atoms with van der Waals surface area (Å²) in [7, 11) is -6.00. The van der Waals surface area contributed by atoms with Gasteiger partial charge < -0.3 is 10.6 Å². The number of rotatable bonds is 8. The molecule has 4 N–H and O–H groups in total. The first-order valence-corrected chi connectivity index (χ1v) is 21.0. The number of anilines is 2. The second kappa shape index (κ2) is 16.4. The fourth-order valence-corrected chi connectivity index (χ4v) is 9.11. The van der Waals surface area contributed by atoms with Gasteiger partial charge in [-0.15, -0.1) is 0 Å². The van der Waals surface area contributed by atoms with E-state index >= 15 is 0 Å². The summed E-state index contributed by atoms with van der Waals surface area (Å²) in [6, 6.07) is 7.76. The van der Waals surface area contributed by atoms with Gasteiger partial charge >= 0.3 is 5.76 Å². The number of amidine groups is 1. The summed E-state index contributed by atoms with van der Waals surface area (Å²) in [4.78, 5) is 16.3. The summed E-state index contributed by atoms with van der Waals surface area (Å²) < 4.78 is 88.7. The molecule has 19 nitrogen and oxygen atoms in total. The molecule has 2 aliphatic rings. The molecular weight excluding hydrogens is 894 g/mol. The highest BCUT2D eigenvalue weighted by atomic mass is 79.9. The minimum Gasteiger partial charge on any atom is -0.362 e. The van der Waals surface area contributed by atoms with Crippen molar-refractivity contribution in [2.75, 3.05) is 33.6 Å². The molecule has 54 heavy (non-hydrogen) atoms. The summed E-state index contributed by atoms with van der Waals surface area (Å²) >= 11 is 6.13. The van der Waals surface area contributed by atoms with Crippen LogP contribution in [0.25, 0.3) is 17.2 Å². The van der Waals surface area contributed by atoms with Crippen molar-refractivity contribution in [3.8, 4) is 17.2 Å². The predicted octanol–water partition coefficient (Wildman–Crippen LogP) is 3.78. The molecule has 3 aromatic heterocycles. The van der Waals surface area contributed by atoms with Crippen LogP contribution in [-0.4, -0.2) is 93.3 Å². The van der Waals surface area contributed by atoms with Crippen molar-refractivity contribution in [3.05, 3.63) is 73.2 Å². The Morgan fingerprint density at radius 2 is 1.35 bits per heavy atom. The summed E-state index contributed by atoms with van der Waals surface area (Å²) in [5.41, 5.74) is 2.80. The van der Waals surface area contributed by atoms with Gasteiger partial charge in [0.25, 0.3) is 0 Å². The van der Waals surface area contributed by atoms with Gasteiger partial charge in [0.05, 0.1) is 43.3 Å². The molecule has 0 unspecified atom stereocenters. The molecule has 25 heteroatoms. The molecule has 0 bridgehead atoms. The van der Waals surface area contributed by atoms with E-state index in [0.717, 1.165) is 4.57 Å². The first-order valence-electron chi connectivity index (χ1n) is 15.8. The summed E-state index contributed by atoms with van der Waals surface area (Å²) in [6.45, 7) is 0. The second-order valence-electron chi connectivity index (χ2n) is 11.9. The number of halogens is 4. The van der Waals surface area contributed by atoms with Gasteiger partial charge in [0.15, 0.2) is 17.2 Å². The largest absolute Gasteiger partial charge is 0.446 e. The van der Waals surface area contributed by atoms with Gasteiger partial charge in [-0.25, -0.2) is 49.2 Å². The molecule has 5 heterocycles. The van der Waals surface area contributed by atoms with Crippen molar-refractivity contribution in [2.45, 2.75) is 37.8 Å². The maximum Gasteiger partial charge on any atom is 0.446 e. The lowest BCUT2D eigenvalue weighted by molar-refractivity contribution is 0.234. The van der Waals surface area contributed by atoms with Crippen molar-refractivity contribution in [3.63, 3.8) is 0 Å². The van der Waals surface area contributed by atoms with Crippen LogP contribution >= 0.6 is 31.9 Å². The summed E-state index contributed by atoms with van der Waals surface area (Å²) in [5.74, 6) is -1.04. The summed E-state index contributed by atoms with van der Waals surface area (Å²) in [6.07, 6.45) is 1.67. The maximum atomic E-state index is 13.5. The average Bonchev–Trinajstić information content (AvgIpc) is 3.89. The Morgan fingerprint density at radius 3 is 1.94 bits per heavy atom. The Labute approximate surface area is 320 Å². The number of hydrogen-bond donors (Lipinski definition) is 4. The lowest BCUT2D eigenvalue weighted by Gasteiger charge is -2.22. The van der Waals surface area contributed by atoms with Crippen LogP contribution in [0.1, 0.15) is 31.4 Å². The third kappa shape index (κ3) is 9.37. The number of nitrogens with one attached hydrogen (secondary N) is 3. The van der Waals surface area contributed by atoms with Crippen molar-refractivity contribution in [1.82, 2.24) is 35.8 Å². The molecule has 0 aliphatic carbocycles. The fourth-order valence-electron chi connectivity index (χ4n) is 5.39. The molecule has 7 rings (SSSR count). The highest BCUT2D eigenvalue weighted by molar-refractivity contribution is 9.10. The van der Waals surface area contributed by atoms with E-state index in [-0.39, 0.29) is 78.7 Å². The fraction of sp³-hybridized carbons (Fsp3) is 0.345. The minimum absolute atomic E-state index is 0.00990. The number of aliphatic imine (C=N–C) groups is 1. The zero-order chi connectivity index (χ0) is 38.6. The molecule has 2 aromatic carbocycles. The first kappa shape index (κ1) is 39.1. The second-order valence-corrected chi connectivity index (χ2v) is 18.3. The molecule has 5 aromatic rings. The van der Waals surface area contributed by atoms with E-state index in [1.807, 2.05) is 5.48 Å². The molecule has 0 radical (unpaired) electrons. The van der Waals surface area contributed by atoms with Gasteiger partial charge in [-0.1, -0.05) is 5.16 Å². The topological polar surface area (TPSA) is 263 Å². The third-order valence-electron chi connectivity index (χ3n) is 8.22. The van der Waals surface area contributed by atoms with Crippen LogP contribution in [-0.2, 0) is 19.7 Å². The maximum absolute atomic E-state index is 13.5. The quantitative estimate of drug-likeness (QED) is 0.0980. The lowest BCUT2D eigenvalue weighted by atomic mass is 10.1. The van der Waals surface area contributed by atoms with Crippen molar-refractivity contribution >= 4 is 74.7 Å². The van der Waals surface area contributed by atoms with E-state index in [9.17, 15) is 35.6 Å². The van der Waals surface area contributed by atoms with Crippen LogP contribution in [0.4, 0.5) is 26.1 Å². The standard InChI is InChI=1S/C15H13BrFN5O5S.C14H15BrFN5O4S/c16-10-7-9(1-2-11(10)17)22-14(21-26-15(22)23)12-13(20-27-19-12)18-8-3-5-28(24,25)6-4-8;15-10-7-9(1-2-11(10)16)18-13(19-22)12-14(21-25-20-12)17-8-3-5-26(23,24)6-4-8/h1-2,7-8H,3-6H2,(H,18,20);1-2,7-8,22H,3-6H2,(H,17,21)(H,18,19). The molecule has 2 saturated heterocycles. The normalized spacial score (nSPS) is 17.4. The Balaban J connectivity index is 0.000000185. The van der Waals surface area contributed by atoms with E-state index in [0.29, 0.717) is 37.1 Å². The molecule has 288 valence electrons. The number of hydrogen-bond acceptors (Lipinski definition) is 17. The predicted molar refractivity (Wildman–Crippen MR) is 193 cm³/mol. The zero-order valence-corrected chi connectivity index (χ0v) is 32.3. The van der Waals surface area contributed by atoms with Crippen molar-refractivity contribution < 1.29 is 44.6 Å². The SMILES string of the molecule is O=S1(=O)CCC(Nc2nonc2C(=Nc2ccc(F)c(Br)c2)NO)CC1.O=c1onc(-c2nonc2NC2CCS(=O)(=O)CC2)n1-c1ccc(F)c(Br)c1. The van der Waals surface area contributed by atoms with Gasteiger partial charge in [0.1, 0.15) is 31.3 Å². The highest BCUT2D eigenvalue weighted by Crippen LogP contribution is 2.28. The zero-order valence-electron chi connectivity index (χ0n) is 27.4. The van der Waals surface area contributed by atoms with Crippen LogP contribution in [0, 0.1) is 11.6 Å². The monoisotopic (exact) mass is 920 g/mol. The van der Waals surface area contributed by atoms with E-state index < -0.39 is 37.1 Å². The average molecular weight is 923 g/mol. The van der Waals surface area contributed by atoms with E-state index in [1.54, 1.807) is 0 Å². The number of aromatic nitrogens is 6. The van der Waals surface area contributed by atoms with Crippen LogP contribution in [0.3, 0.4) is 0 Å². The van der Waals surface area contributed by atoms with Gasteiger partial charge in [-0.3, -0.25) is 15.2 Å². The molecule has 0 atom stereocenters. The van der Waals surface area contributed by atoms with E-state index in [2.05, 4.69) is 73.3 Å². The highest BCUT2D eigenvalue weighted by Gasteiger charge is 2.29. The van der Waals surface area contributed by atoms with Crippen LogP contribution in [0.5, 0.6) is 0 Å². The smallest absolute Gasteiger partial charge is 0.362 e. The Kier molecular flexibility index (Phi) is 11.9. The molecule has 2 aliphatic heterocycles. The first-order chi connectivity index (χ1) is 25.7. The molecule has 2 fully saturated rings. The van der Waals surface area contributed by atoms with E-state index in [1.165, 1.54) is 36.4 Å². The Hall–Kier alpha value is -4.59. The third-order valence-corrected chi connectivity index (χ3v) is 12.9. The van der Waals surface area contributed by atoms with Crippen molar-refractivity contribution in [2.24, 2.45) is 4.99 Å². The molecule has 0 saturated carbocycles. The van der Waals surface area contributed by atoms with Gasteiger partial charge in [0.2, 0.25) is 17.5 Å². The number of sulfone groups is 2. The number of nitrogens with zero attached hydrogens (tertiary/aromatic N) is 7. The Bertz CT molecular complexity index is 2430. The lowest BCUT2D eigenvalue weighted by Crippen LogP contribution is -2.33. The van der Waals surface area contributed by atoms with Crippen LogP contribution in [0.2, 0.25) is 0 Å². The van der Waals surface area contributed by atoms with Gasteiger partial charge in [-0.2, -0.15) is 0 Å². The van der Waals surface area contributed by atoms with E-state index in [4.69, 9.17) is 13.8 Å². The number of benzene rings is 2. The molecule has 0 amide bonds. The molecular formula is C29H28Br2F2N10O9S2. The van der Waals surface area contributed by atoms with Gasteiger partial charge in [-0.05, 0) is 115 Å². The molecule has 0 spiro atoms. The van der Waals surface area contributed by atoms with Crippen LogP contribution < -0.4 is 21.9 Å². The van der Waals surface area contributed by atoms with Crippen LogP contribution in [0.15, 0.2) is 68.9 Å². The number of hydroxylamine groups is 1.